The molecule has 6 nitrogen and oxygen atoms in total. The maximum Gasteiger partial charge on any atom is 0.263 e. The van der Waals surface area contributed by atoms with E-state index in [9.17, 15) is 25.3 Å². The molecule has 22 heavy (non-hydrogen) atoms. The summed E-state index contributed by atoms with van der Waals surface area (Å²) in [4.78, 5) is -2.35. The molecular weight excluding hydrogens is 419 g/mol. The highest BCUT2D eigenvalue weighted by molar-refractivity contribution is 8.16. The zero-order valence-corrected chi connectivity index (χ0v) is 14.9. The van der Waals surface area contributed by atoms with Gasteiger partial charge in [0.15, 0.2) is 0 Å². The van der Waals surface area contributed by atoms with Crippen molar-refractivity contribution in [1.29, 1.82) is 0 Å². The van der Waals surface area contributed by atoms with E-state index in [0.717, 1.165) is 0 Å². The van der Waals surface area contributed by atoms with Gasteiger partial charge in [0, 0.05) is 42.8 Å². The van der Waals surface area contributed by atoms with Crippen molar-refractivity contribution in [2.75, 3.05) is 0 Å². The van der Waals surface area contributed by atoms with Crippen molar-refractivity contribution in [2.24, 2.45) is 0 Å². The SMILES string of the molecule is O=S(=O)(Cl)c1cc(S(=O)(=O)Cl)c2ccccc2c1S(=O)(=O)Cl. The van der Waals surface area contributed by atoms with Gasteiger partial charge in [-0.1, -0.05) is 24.3 Å². The first-order valence-electron chi connectivity index (χ1n) is 5.23. The Labute approximate surface area is 139 Å². The molecule has 2 aromatic carbocycles. The molecule has 0 heterocycles. The van der Waals surface area contributed by atoms with Crippen LogP contribution in [-0.4, -0.2) is 25.3 Å². The van der Waals surface area contributed by atoms with E-state index < -0.39 is 41.8 Å². The lowest BCUT2D eigenvalue weighted by Gasteiger charge is -2.11. The maximum absolute atomic E-state index is 11.7. The Morgan fingerprint density at radius 1 is 0.636 bits per heavy atom. The van der Waals surface area contributed by atoms with Crippen molar-refractivity contribution in [1.82, 2.24) is 0 Å². The standard InChI is InChI=1S/C10H5Cl3O6S3/c11-20(14,15)8-5-9(21(12,16)17)10(22(13,18)19)7-4-2-1-3-6(7)8/h1-5H. The van der Waals surface area contributed by atoms with Crippen LogP contribution in [0.5, 0.6) is 0 Å². The van der Waals surface area contributed by atoms with Gasteiger partial charge in [0.2, 0.25) is 0 Å². The van der Waals surface area contributed by atoms with Crippen LogP contribution in [-0.2, 0) is 27.2 Å². The predicted octanol–water partition coefficient (Wildman–Crippen LogP) is 2.62. The Balaban J connectivity index is 3.28. The van der Waals surface area contributed by atoms with E-state index in [0.29, 0.717) is 6.07 Å². The molecule has 0 aliphatic rings. The minimum Gasteiger partial charge on any atom is -0.207 e. The minimum absolute atomic E-state index is 0.0965. The first-order valence-corrected chi connectivity index (χ1v) is 12.2. The highest BCUT2D eigenvalue weighted by atomic mass is 35.7. The van der Waals surface area contributed by atoms with Crippen molar-refractivity contribution in [3.8, 4) is 0 Å². The largest absolute Gasteiger partial charge is 0.263 e. The summed E-state index contributed by atoms with van der Waals surface area (Å²) in [6.45, 7) is 0. The van der Waals surface area contributed by atoms with Gasteiger partial charge in [-0.2, -0.15) is 0 Å². The summed E-state index contributed by atoms with van der Waals surface area (Å²) in [5.41, 5.74) is 0. The monoisotopic (exact) mass is 422 g/mol. The van der Waals surface area contributed by atoms with Crippen molar-refractivity contribution in [2.45, 2.75) is 14.7 Å². The van der Waals surface area contributed by atoms with Gasteiger partial charge in [-0.15, -0.1) is 0 Å². The molecular formula is C10H5Cl3O6S3. The Hall–Kier alpha value is -0.580. The summed E-state index contributed by atoms with van der Waals surface area (Å²) in [5.74, 6) is 0. The second-order valence-corrected chi connectivity index (χ2v) is 11.6. The summed E-state index contributed by atoms with van der Waals surface area (Å²) in [7, 11) is 2.26. The molecule has 0 aliphatic heterocycles. The zero-order valence-electron chi connectivity index (χ0n) is 10.2. The molecule has 0 amide bonds. The molecule has 0 fully saturated rings. The van der Waals surface area contributed by atoms with Crippen molar-refractivity contribution in [3.05, 3.63) is 30.3 Å². The quantitative estimate of drug-likeness (QED) is 0.703. The number of hydrogen-bond donors (Lipinski definition) is 0. The van der Waals surface area contributed by atoms with E-state index >= 15 is 0 Å². The second-order valence-electron chi connectivity index (χ2n) is 4.06. The fraction of sp³-hybridized carbons (Fsp3) is 0. The normalized spacial score (nSPS) is 13.4. The summed E-state index contributed by atoms with van der Waals surface area (Å²) in [6, 6.07) is 5.83. The molecule has 0 aliphatic carbocycles. The van der Waals surface area contributed by atoms with Crippen molar-refractivity contribution in [3.63, 3.8) is 0 Å². The number of halogens is 3. The highest BCUT2D eigenvalue weighted by Gasteiger charge is 2.30. The third-order valence-electron chi connectivity index (χ3n) is 2.69. The predicted molar refractivity (Wildman–Crippen MR) is 83.1 cm³/mol. The highest BCUT2D eigenvalue weighted by Crippen LogP contribution is 2.38. The Kier molecular flexibility index (Phi) is 4.44. The van der Waals surface area contributed by atoms with Gasteiger partial charge in [-0.3, -0.25) is 0 Å². The Morgan fingerprint density at radius 2 is 1.09 bits per heavy atom. The smallest absolute Gasteiger partial charge is 0.207 e. The summed E-state index contributed by atoms with van der Waals surface area (Å²) < 4.78 is 70.0. The zero-order chi connectivity index (χ0) is 16.9. The third-order valence-corrected chi connectivity index (χ3v) is 6.92. The van der Waals surface area contributed by atoms with E-state index in [2.05, 4.69) is 0 Å². The molecule has 0 spiro atoms. The third kappa shape index (κ3) is 3.34. The van der Waals surface area contributed by atoms with Gasteiger partial charge in [0.05, 0.1) is 4.90 Å². The fourth-order valence-corrected chi connectivity index (χ4v) is 6.21. The maximum atomic E-state index is 11.7. The average molecular weight is 424 g/mol. The summed E-state index contributed by atoms with van der Waals surface area (Å²) in [6.07, 6.45) is 0. The first-order chi connectivity index (χ1) is 9.83. The van der Waals surface area contributed by atoms with Crippen LogP contribution in [0.25, 0.3) is 10.8 Å². The van der Waals surface area contributed by atoms with Gasteiger partial charge >= 0.3 is 0 Å². The summed E-state index contributed by atoms with van der Waals surface area (Å²) >= 11 is 0. The lowest BCUT2D eigenvalue weighted by molar-refractivity contribution is 0.597. The molecule has 120 valence electrons. The Bertz CT molecular complexity index is 1090. The van der Waals surface area contributed by atoms with E-state index in [1.54, 1.807) is 0 Å². The van der Waals surface area contributed by atoms with Crippen LogP contribution in [0.2, 0.25) is 0 Å². The molecule has 0 radical (unpaired) electrons. The Morgan fingerprint density at radius 3 is 1.50 bits per heavy atom. The molecule has 0 aromatic heterocycles. The molecule has 12 heteroatoms. The molecule has 0 saturated heterocycles. The van der Waals surface area contributed by atoms with E-state index in [4.69, 9.17) is 32.0 Å². The van der Waals surface area contributed by atoms with Crippen LogP contribution in [0.4, 0.5) is 0 Å². The molecule has 2 aromatic rings. The number of fused-ring (bicyclic) bond motifs is 1. The molecule has 0 saturated carbocycles. The first kappa shape index (κ1) is 17.8. The van der Waals surface area contributed by atoms with Gasteiger partial charge in [-0.05, 0) is 6.07 Å². The van der Waals surface area contributed by atoms with Crippen LogP contribution >= 0.6 is 32.0 Å². The lowest BCUT2D eigenvalue weighted by atomic mass is 10.1. The molecule has 2 rings (SSSR count). The summed E-state index contributed by atoms with van der Waals surface area (Å²) in [5, 5.41) is -0.320. The topological polar surface area (TPSA) is 102 Å². The van der Waals surface area contributed by atoms with Crippen LogP contribution in [0.15, 0.2) is 45.0 Å². The fourth-order valence-electron chi connectivity index (χ4n) is 1.93. The van der Waals surface area contributed by atoms with E-state index in [1.807, 2.05) is 0 Å². The van der Waals surface area contributed by atoms with Crippen LogP contribution in [0, 0.1) is 0 Å². The van der Waals surface area contributed by atoms with Gasteiger partial charge in [0.25, 0.3) is 27.2 Å². The minimum atomic E-state index is -4.61. The van der Waals surface area contributed by atoms with Crippen LogP contribution in [0.1, 0.15) is 0 Å². The second kappa shape index (κ2) is 5.50. The lowest BCUT2D eigenvalue weighted by Crippen LogP contribution is -2.06. The van der Waals surface area contributed by atoms with Crippen molar-refractivity contribution < 1.29 is 25.3 Å². The van der Waals surface area contributed by atoms with E-state index in [1.165, 1.54) is 24.3 Å². The number of hydrogen-bond acceptors (Lipinski definition) is 6. The molecule has 0 unspecified atom stereocenters. The average Bonchev–Trinajstić information content (AvgIpc) is 2.33. The van der Waals surface area contributed by atoms with Gasteiger partial charge in [0.1, 0.15) is 9.79 Å². The van der Waals surface area contributed by atoms with Crippen LogP contribution in [0.3, 0.4) is 0 Å². The molecule has 0 N–H and O–H groups in total. The molecule has 0 atom stereocenters. The van der Waals surface area contributed by atoms with E-state index in [-0.39, 0.29) is 10.8 Å². The molecule has 0 bridgehead atoms. The van der Waals surface area contributed by atoms with Gasteiger partial charge in [-0.25, -0.2) is 25.3 Å². The number of benzene rings is 2. The van der Waals surface area contributed by atoms with Crippen molar-refractivity contribution >= 4 is 70.0 Å². The van der Waals surface area contributed by atoms with Gasteiger partial charge < -0.3 is 0 Å². The number of rotatable bonds is 3. The van der Waals surface area contributed by atoms with Crippen LogP contribution < -0.4 is 0 Å².